The van der Waals surface area contributed by atoms with E-state index in [1.165, 1.54) is 5.56 Å². The molecule has 0 aromatic heterocycles. The van der Waals surface area contributed by atoms with Crippen LogP contribution in [0.15, 0.2) is 18.2 Å². The van der Waals surface area contributed by atoms with Gasteiger partial charge in [-0.2, -0.15) is 0 Å². The van der Waals surface area contributed by atoms with Crippen molar-refractivity contribution in [3.8, 4) is 0 Å². The summed E-state index contributed by atoms with van der Waals surface area (Å²) >= 11 is 8.90. The number of aryl methyl sites for hydroxylation is 1. The van der Waals surface area contributed by atoms with Gasteiger partial charge >= 0.3 is 0 Å². The first-order valence-electron chi connectivity index (χ1n) is 4.40. The lowest BCUT2D eigenvalue weighted by molar-refractivity contribution is -0.116. The van der Waals surface area contributed by atoms with Crippen molar-refractivity contribution >= 4 is 33.3 Å². The molecule has 0 unspecified atom stereocenters. The molecule has 0 aliphatic rings. The first-order valence-corrected chi connectivity index (χ1v) is 6.05. The molecule has 0 bridgehead atoms. The van der Waals surface area contributed by atoms with E-state index in [-0.39, 0.29) is 11.7 Å². The van der Waals surface area contributed by atoms with Crippen LogP contribution in [0.1, 0.15) is 16.7 Å². The van der Waals surface area contributed by atoms with E-state index in [9.17, 15) is 4.79 Å². The Balaban J connectivity index is 2.98. The molecule has 1 rings (SSSR count). The highest BCUT2D eigenvalue weighted by molar-refractivity contribution is 9.08. The predicted molar refractivity (Wildman–Crippen MR) is 63.2 cm³/mol. The van der Waals surface area contributed by atoms with E-state index in [4.69, 9.17) is 11.6 Å². The normalized spacial score (nSPS) is 10.2. The van der Waals surface area contributed by atoms with Crippen molar-refractivity contribution in [1.29, 1.82) is 0 Å². The Kier molecular flexibility index (Phi) is 4.63. The minimum atomic E-state index is 0.0724. The highest BCUT2D eigenvalue weighted by atomic mass is 79.9. The van der Waals surface area contributed by atoms with Crippen molar-refractivity contribution in [2.24, 2.45) is 0 Å². The molecule has 0 aliphatic heterocycles. The van der Waals surface area contributed by atoms with E-state index in [0.29, 0.717) is 6.42 Å². The topological polar surface area (TPSA) is 17.1 Å². The minimum absolute atomic E-state index is 0.0724. The number of hydrogen-bond donors (Lipinski definition) is 0. The summed E-state index contributed by atoms with van der Waals surface area (Å²) in [5, 5.41) is 0.777. The molecule has 0 saturated carbocycles. The number of carbonyl (C=O) groups is 1. The van der Waals surface area contributed by atoms with Crippen LogP contribution in [0.3, 0.4) is 0 Å². The van der Waals surface area contributed by atoms with Gasteiger partial charge in [0.25, 0.3) is 0 Å². The Labute approximate surface area is 97.6 Å². The average Bonchev–Trinajstić information content (AvgIpc) is 2.20. The summed E-state index contributed by atoms with van der Waals surface area (Å²) in [4.78, 5) is 11.3. The fourth-order valence-electron chi connectivity index (χ4n) is 1.39. The Morgan fingerprint density at radius 2 is 2.21 bits per heavy atom. The zero-order valence-electron chi connectivity index (χ0n) is 8.02. The van der Waals surface area contributed by atoms with Crippen LogP contribution in [0, 0.1) is 6.92 Å². The van der Waals surface area contributed by atoms with E-state index in [1.54, 1.807) is 0 Å². The van der Waals surface area contributed by atoms with Crippen LogP contribution in [-0.2, 0) is 16.5 Å². The van der Waals surface area contributed by atoms with E-state index in [1.807, 2.05) is 25.1 Å². The summed E-state index contributed by atoms with van der Waals surface area (Å²) in [5.41, 5.74) is 3.43. The number of Topliss-reactive ketones (excluding diaryl/α,β-unsaturated/α-hetero) is 1. The SMILES string of the molecule is Cc1cccc(CBr)c1CC(=O)CCl. The second-order valence-electron chi connectivity index (χ2n) is 3.20. The fourth-order valence-corrected chi connectivity index (χ4v) is 2.01. The van der Waals surface area contributed by atoms with Gasteiger partial charge in [0.05, 0.1) is 5.88 Å². The summed E-state index contributed by atoms with van der Waals surface area (Å²) in [6.45, 7) is 2.02. The maximum atomic E-state index is 11.3. The van der Waals surface area contributed by atoms with Gasteiger partial charge in [-0.1, -0.05) is 34.1 Å². The van der Waals surface area contributed by atoms with Crippen LogP contribution < -0.4 is 0 Å². The second kappa shape index (κ2) is 5.52. The molecular formula is C11H12BrClO. The molecule has 76 valence electrons. The summed E-state index contributed by atoms with van der Waals surface area (Å²) in [5.74, 6) is 0.166. The number of alkyl halides is 2. The third kappa shape index (κ3) is 2.82. The van der Waals surface area contributed by atoms with E-state index in [0.717, 1.165) is 16.5 Å². The van der Waals surface area contributed by atoms with Gasteiger partial charge in [-0.05, 0) is 23.6 Å². The monoisotopic (exact) mass is 274 g/mol. The number of halogens is 2. The Morgan fingerprint density at radius 1 is 1.50 bits per heavy atom. The Hall–Kier alpha value is -0.340. The van der Waals surface area contributed by atoms with Crippen LogP contribution in [-0.4, -0.2) is 11.7 Å². The van der Waals surface area contributed by atoms with E-state index < -0.39 is 0 Å². The molecule has 0 heterocycles. The minimum Gasteiger partial charge on any atom is -0.298 e. The van der Waals surface area contributed by atoms with Gasteiger partial charge in [0.2, 0.25) is 0 Å². The molecule has 0 amide bonds. The molecule has 0 saturated heterocycles. The smallest absolute Gasteiger partial charge is 0.151 e. The molecule has 14 heavy (non-hydrogen) atoms. The molecule has 0 atom stereocenters. The maximum absolute atomic E-state index is 11.3. The Bertz CT molecular complexity index is 336. The van der Waals surface area contributed by atoms with Crippen molar-refractivity contribution in [3.63, 3.8) is 0 Å². The van der Waals surface area contributed by atoms with Crippen LogP contribution in [0.4, 0.5) is 0 Å². The molecule has 0 radical (unpaired) electrons. The maximum Gasteiger partial charge on any atom is 0.151 e. The van der Waals surface area contributed by atoms with Crippen LogP contribution >= 0.6 is 27.5 Å². The molecular weight excluding hydrogens is 263 g/mol. The second-order valence-corrected chi connectivity index (χ2v) is 4.02. The predicted octanol–water partition coefficient (Wildman–Crippen LogP) is 3.24. The standard InChI is InChI=1S/C11H12BrClO/c1-8-3-2-4-9(6-12)11(8)5-10(14)7-13/h2-4H,5-7H2,1H3. The van der Waals surface area contributed by atoms with Gasteiger partial charge in [-0.25, -0.2) is 0 Å². The number of ketones is 1. The number of benzene rings is 1. The van der Waals surface area contributed by atoms with Crippen molar-refractivity contribution in [3.05, 3.63) is 34.9 Å². The number of hydrogen-bond acceptors (Lipinski definition) is 1. The van der Waals surface area contributed by atoms with Crippen molar-refractivity contribution in [2.75, 3.05) is 5.88 Å². The summed E-state index contributed by atoms with van der Waals surface area (Å²) in [7, 11) is 0. The molecule has 1 aromatic carbocycles. The van der Waals surface area contributed by atoms with Gasteiger partial charge in [-0.3, -0.25) is 4.79 Å². The summed E-state index contributed by atoms with van der Waals surface area (Å²) in [6.07, 6.45) is 0.442. The first kappa shape index (κ1) is 11.7. The third-order valence-corrected chi connectivity index (χ3v) is 3.08. The molecule has 1 aromatic rings. The van der Waals surface area contributed by atoms with E-state index in [2.05, 4.69) is 15.9 Å². The number of carbonyl (C=O) groups excluding carboxylic acids is 1. The third-order valence-electron chi connectivity index (χ3n) is 2.17. The van der Waals surface area contributed by atoms with Crippen LogP contribution in [0.5, 0.6) is 0 Å². The summed E-state index contributed by atoms with van der Waals surface area (Å²) in [6, 6.07) is 6.04. The molecule has 0 N–H and O–H groups in total. The number of rotatable bonds is 4. The van der Waals surface area contributed by atoms with Gasteiger partial charge in [0.15, 0.2) is 5.78 Å². The molecule has 1 nitrogen and oxygen atoms in total. The molecule has 0 spiro atoms. The van der Waals surface area contributed by atoms with Gasteiger partial charge in [0.1, 0.15) is 0 Å². The van der Waals surface area contributed by atoms with Gasteiger partial charge < -0.3 is 0 Å². The highest BCUT2D eigenvalue weighted by Gasteiger charge is 2.08. The first-order chi connectivity index (χ1) is 6.69. The average molecular weight is 276 g/mol. The fraction of sp³-hybridized carbons (Fsp3) is 0.364. The van der Waals surface area contributed by atoms with Crippen LogP contribution in [0.25, 0.3) is 0 Å². The van der Waals surface area contributed by atoms with Crippen LogP contribution in [0.2, 0.25) is 0 Å². The van der Waals surface area contributed by atoms with Crippen molar-refractivity contribution < 1.29 is 4.79 Å². The van der Waals surface area contributed by atoms with Crippen molar-refractivity contribution in [1.82, 2.24) is 0 Å². The Morgan fingerprint density at radius 3 is 2.79 bits per heavy atom. The summed E-state index contributed by atoms with van der Waals surface area (Å²) < 4.78 is 0. The lowest BCUT2D eigenvalue weighted by Gasteiger charge is -2.09. The zero-order chi connectivity index (χ0) is 10.6. The lowest BCUT2D eigenvalue weighted by Crippen LogP contribution is -2.07. The van der Waals surface area contributed by atoms with Crippen molar-refractivity contribution in [2.45, 2.75) is 18.7 Å². The largest absolute Gasteiger partial charge is 0.298 e. The van der Waals surface area contributed by atoms with Gasteiger partial charge in [0, 0.05) is 11.8 Å². The van der Waals surface area contributed by atoms with E-state index >= 15 is 0 Å². The molecule has 0 aliphatic carbocycles. The highest BCUT2D eigenvalue weighted by Crippen LogP contribution is 2.18. The lowest BCUT2D eigenvalue weighted by atomic mass is 9.99. The molecule has 0 fully saturated rings. The quantitative estimate of drug-likeness (QED) is 0.771. The van der Waals surface area contributed by atoms with Gasteiger partial charge in [-0.15, -0.1) is 11.6 Å². The molecule has 3 heteroatoms. The zero-order valence-corrected chi connectivity index (χ0v) is 10.4.